The largest absolute Gasteiger partial charge is 0.495 e. The van der Waals surface area contributed by atoms with E-state index >= 15 is 0 Å². The Balaban J connectivity index is 1.96. The van der Waals surface area contributed by atoms with Crippen LogP contribution in [0.1, 0.15) is 15.9 Å². The normalized spacial score (nSPS) is 11.3. The van der Waals surface area contributed by atoms with Gasteiger partial charge in [0.25, 0.3) is 0 Å². The fourth-order valence-corrected chi connectivity index (χ4v) is 2.91. The van der Waals surface area contributed by atoms with Crippen LogP contribution >= 0.6 is 0 Å². The number of fused-ring (bicyclic) bond motifs is 1. The van der Waals surface area contributed by atoms with E-state index in [1.54, 1.807) is 30.3 Å². The predicted octanol–water partition coefficient (Wildman–Crippen LogP) is 4.63. The van der Waals surface area contributed by atoms with Crippen molar-refractivity contribution in [3.8, 4) is 0 Å². The number of carbonyl (C=O) groups is 2. The molecule has 0 aliphatic carbocycles. The van der Waals surface area contributed by atoms with Gasteiger partial charge in [0.1, 0.15) is 12.4 Å². The molecule has 0 atom stereocenters. The predicted molar refractivity (Wildman–Crippen MR) is 99.4 cm³/mol. The molecule has 0 fully saturated rings. The number of benzene rings is 2. The molecule has 0 bridgehead atoms. The molecule has 3 aromatic rings. The van der Waals surface area contributed by atoms with Crippen molar-refractivity contribution < 1.29 is 32.2 Å². The first-order chi connectivity index (χ1) is 13.7. The molecule has 1 heterocycles. The number of nitrogens with zero attached hydrogens (tertiary/aromatic N) is 2. The maximum absolute atomic E-state index is 13.7. The van der Waals surface area contributed by atoms with Gasteiger partial charge in [-0.15, -0.1) is 13.2 Å². The molecule has 0 aliphatic heterocycles. The Labute approximate surface area is 164 Å². The SMILES string of the molecule is COC(=O)c1ccc2c(c1)cc(N(C(=O)OCc1ccccc1)C(F)(F)F)n2C. The Hall–Kier alpha value is -3.49. The zero-order valence-corrected chi connectivity index (χ0v) is 15.6. The summed E-state index contributed by atoms with van der Waals surface area (Å²) in [7, 11) is 2.59. The number of halogens is 3. The minimum atomic E-state index is -5.01. The molecule has 0 aliphatic rings. The highest BCUT2D eigenvalue weighted by Gasteiger charge is 2.45. The highest BCUT2D eigenvalue weighted by molar-refractivity contribution is 5.98. The molecule has 1 aromatic heterocycles. The minimum Gasteiger partial charge on any atom is -0.465 e. The van der Waals surface area contributed by atoms with Crippen molar-refractivity contribution in [1.82, 2.24) is 4.57 Å². The van der Waals surface area contributed by atoms with Crippen LogP contribution in [0.25, 0.3) is 10.9 Å². The number of rotatable bonds is 4. The van der Waals surface area contributed by atoms with Crippen molar-refractivity contribution in [3.05, 3.63) is 65.7 Å². The summed E-state index contributed by atoms with van der Waals surface area (Å²) in [5.74, 6) is -1.06. The van der Waals surface area contributed by atoms with Crippen LogP contribution in [0.5, 0.6) is 0 Å². The molecule has 3 rings (SSSR count). The van der Waals surface area contributed by atoms with E-state index < -0.39 is 24.2 Å². The molecule has 2 aromatic carbocycles. The second-order valence-corrected chi connectivity index (χ2v) is 6.17. The lowest BCUT2D eigenvalue weighted by atomic mass is 10.1. The molecule has 0 radical (unpaired) electrons. The standard InChI is InChI=1S/C20H17F3N2O4/c1-24-16-9-8-14(18(26)28-2)10-15(16)11-17(24)25(20(21,22)23)19(27)29-12-13-6-4-3-5-7-13/h3-11H,12H2,1-2H3. The maximum atomic E-state index is 13.7. The highest BCUT2D eigenvalue weighted by atomic mass is 19.4. The fourth-order valence-electron chi connectivity index (χ4n) is 2.91. The third-order valence-corrected chi connectivity index (χ3v) is 4.31. The quantitative estimate of drug-likeness (QED) is 0.468. The third-order valence-electron chi connectivity index (χ3n) is 4.31. The Morgan fingerprint density at radius 2 is 1.76 bits per heavy atom. The van der Waals surface area contributed by atoms with Crippen LogP contribution in [0.2, 0.25) is 0 Å². The second-order valence-electron chi connectivity index (χ2n) is 6.17. The zero-order valence-electron chi connectivity index (χ0n) is 15.6. The van der Waals surface area contributed by atoms with Crippen LogP contribution in [0, 0.1) is 0 Å². The van der Waals surface area contributed by atoms with Crippen molar-refractivity contribution in [1.29, 1.82) is 0 Å². The number of ether oxygens (including phenoxy) is 2. The first-order valence-corrected chi connectivity index (χ1v) is 8.48. The number of hydrogen-bond donors (Lipinski definition) is 0. The Morgan fingerprint density at radius 3 is 2.38 bits per heavy atom. The van der Waals surface area contributed by atoms with Gasteiger partial charge in [0, 0.05) is 18.0 Å². The van der Waals surface area contributed by atoms with Gasteiger partial charge in [-0.1, -0.05) is 30.3 Å². The van der Waals surface area contributed by atoms with E-state index in [9.17, 15) is 22.8 Å². The summed E-state index contributed by atoms with van der Waals surface area (Å²) in [5.41, 5.74) is 1.14. The maximum Gasteiger partial charge on any atom is 0.495 e. The Bertz CT molecular complexity index is 1050. The summed E-state index contributed by atoms with van der Waals surface area (Å²) in [6.45, 7) is -0.303. The molecule has 0 saturated heterocycles. The Morgan fingerprint density at radius 1 is 1.07 bits per heavy atom. The van der Waals surface area contributed by atoms with Gasteiger partial charge in [0.2, 0.25) is 0 Å². The summed E-state index contributed by atoms with van der Waals surface area (Å²) in [6, 6.07) is 13.9. The Kier molecular flexibility index (Phi) is 5.49. The van der Waals surface area contributed by atoms with E-state index in [1.165, 1.54) is 43.0 Å². The molecular formula is C20H17F3N2O4. The number of aryl methyl sites for hydroxylation is 1. The number of carbonyl (C=O) groups excluding carboxylic acids is 2. The number of alkyl halides is 3. The first-order valence-electron chi connectivity index (χ1n) is 8.48. The van der Waals surface area contributed by atoms with Gasteiger partial charge in [-0.3, -0.25) is 0 Å². The number of hydrogen-bond acceptors (Lipinski definition) is 4. The monoisotopic (exact) mass is 406 g/mol. The van der Waals surface area contributed by atoms with Crippen LogP contribution in [-0.2, 0) is 23.1 Å². The van der Waals surface area contributed by atoms with E-state index in [2.05, 4.69) is 4.74 Å². The van der Waals surface area contributed by atoms with Gasteiger partial charge in [-0.05, 0) is 29.8 Å². The lowest BCUT2D eigenvalue weighted by molar-refractivity contribution is -0.125. The zero-order chi connectivity index (χ0) is 21.2. The fraction of sp³-hybridized carbons (Fsp3) is 0.200. The molecule has 0 spiro atoms. The average Bonchev–Trinajstić information content (AvgIpc) is 3.01. The molecule has 9 heteroatoms. The van der Waals surface area contributed by atoms with Crippen LogP contribution < -0.4 is 4.90 Å². The lowest BCUT2D eigenvalue weighted by Crippen LogP contribution is -2.44. The van der Waals surface area contributed by atoms with Gasteiger partial charge in [-0.2, -0.15) is 4.90 Å². The van der Waals surface area contributed by atoms with Gasteiger partial charge in [0.15, 0.2) is 0 Å². The molecule has 0 saturated carbocycles. The van der Waals surface area contributed by atoms with Crippen molar-refractivity contribution >= 4 is 28.8 Å². The van der Waals surface area contributed by atoms with E-state index in [4.69, 9.17) is 4.74 Å². The highest BCUT2D eigenvalue weighted by Crippen LogP contribution is 2.34. The van der Waals surface area contributed by atoms with Crippen LogP contribution in [0.3, 0.4) is 0 Å². The van der Waals surface area contributed by atoms with E-state index in [-0.39, 0.29) is 17.1 Å². The van der Waals surface area contributed by atoms with Crippen molar-refractivity contribution in [3.63, 3.8) is 0 Å². The summed E-state index contributed by atoms with van der Waals surface area (Å²) in [4.78, 5) is 23.6. The van der Waals surface area contributed by atoms with Crippen molar-refractivity contribution in [2.45, 2.75) is 12.9 Å². The van der Waals surface area contributed by atoms with E-state index in [0.29, 0.717) is 16.5 Å². The van der Waals surface area contributed by atoms with Gasteiger partial charge in [-0.25, -0.2) is 9.59 Å². The van der Waals surface area contributed by atoms with E-state index in [1.807, 2.05) is 0 Å². The van der Waals surface area contributed by atoms with Gasteiger partial charge >= 0.3 is 18.4 Å². The first kappa shape index (κ1) is 20.2. The van der Waals surface area contributed by atoms with Crippen LogP contribution in [0.15, 0.2) is 54.6 Å². The number of aromatic nitrogens is 1. The summed E-state index contributed by atoms with van der Waals surface area (Å²) >= 11 is 0. The van der Waals surface area contributed by atoms with Crippen LogP contribution in [0.4, 0.5) is 23.8 Å². The van der Waals surface area contributed by atoms with Gasteiger partial charge < -0.3 is 14.0 Å². The molecule has 0 unspecified atom stereocenters. The summed E-state index contributed by atoms with van der Waals surface area (Å²) in [6.07, 6.45) is -6.57. The molecule has 6 nitrogen and oxygen atoms in total. The molecule has 152 valence electrons. The molecular weight excluding hydrogens is 389 g/mol. The summed E-state index contributed by atoms with van der Waals surface area (Å²) < 4.78 is 51.8. The number of anilines is 1. The van der Waals surface area contributed by atoms with Crippen LogP contribution in [-0.4, -0.2) is 30.0 Å². The van der Waals surface area contributed by atoms with Crippen molar-refractivity contribution in [2.24, 2.45) is 7.05 Å². The third kappa shape index (κ3) is 4.18. The number of esters is 1. The molecule has 29 heavy (non-hydrogen) atoms. The van der Waals surface area contributed by atoms with E-state index in [0.717, 1.165) is 0 Å². The number of methoxy groups -OCH3 is 1. The summed E-state index contributed by atoms with van der Waals surface area (Å²) in [5, 5.41) is 0.343. The van der Waals surface area contributed by atoms with Gasteiger partial charge in [0.05, 0.1) is 12.7 Å². The topological polar surface area (TPSA) is 60.8 Å². The second kappa shape index (κ2) is 7.86. The average molecular weight is 406 g/mol. The van der Waals surface area contributed by atoms with Crippen molar-refractivity contribution in [2.75, 3.05) is 12.0 Å². The smallest absolute Gasteiger partial charge is 0.465 e. The lowest BCUT2D eigenvalue weighted by Gasteiger charge is -2.24. The molecule has 0 N–H and O–H groups in total. The minimum absolute atomic E-state index is 0.183. The molecule has 1 amide bonds. The number of amides is 1.